The van der Waals surface area contributed by atoms with Gasteiger partial charge in [-0.2, -0.15) is 0 Å². The first kappa shape index (κ1) is 19.2. The molecule has 2 aromatic carbocycles. The monoisotopic (exact) mass is 387 g/mol. The summed E-state index contributed by atoms with van der Waals surface area (Å²) in [5.74, 6) is -1.30. The molecule has 0 aliphatic rings. The topological polar surface area (TPSA) is 87.4 Å². The lowest BCUT2D eigenvalue weighted by atomic mass is 10.0. The van der Waals surface area contributed by atoms with Crippen LogP contribution in [0.25, 0.3) is 11.3 Å². The molecule has 0 bridgehead atoms. The largest absolute Gasteiger partial charge is 0.496 e. The van der Waals surface area contributed by atoms with Gasteiger partial charge in [-0.15, -0.1) is 0 Å². The highest BCUT2D eigenvalue weighted by Crippen LogP contribution is 2.33. The minimum absolute atomic E-state index is 0.106. The summed E-state index contributed by atoms with van der Waals surface area (Å²) in [6.07, 6.45) is 1.39. The first-order valence-electron chi connectivity index (χ1n) is 8.08. The lowest BCUT2D eigenvalue weighted by molar-refractivity contribution is -0.386. The van der Waals surface area contributed by atoms with E-state index in [9.17, 15) is 18.9 Å². The van der Waals surface area contributed by atoms with Crippen molar-refractivity contribution in [2.75, 3.05) is 14.2 Å². The summed E-state index contributed by atoms with van der Waals surface area (Å²) in [4.78, 5) is 18.7. The van der Waals surface area contributed by atoms with Gasteiger partial charge in [0.1, 0.15) is 17.9 Å². The van der Waals surface area contributed by atoms with Gasteiger partial charge in [0.05, 0.1) is 24.8 Å². The Kier molecular flexibility index (Phi) is 5.44. The third-order valence-corrected chi connectivity index (χ3v) is 4.03. The van der Waals surface area contributed by atoms with E-state index in [1.54, 1.807) is 6.07 Å². The first-order chi connectivity index (χ1) is 13.4. The van der Waals surface area contributed by atoms with E-state index in [0.29, 0.717) is 28.3 Å². The van der Waals surface area contributed by atoms with Crippen LogP contribution in [0.5, 0.6) is 11.5 Å². The Balaban J connectivity index is 1.99. The summed E-state index contributed by atoms with van der Waals surface area (Å²) in [7, 11) is 2.62. The van der Waals surface area contributed by atoms with Gasteiger partial charge in [-0.3, -0.25) is 10.1 Å². The van der Waals surface area contributed by atoms with Crippen molar-refractivity contribution in [1.29, 1.82) is 0 Å². The Morgan fingerprint density at radius 2 is 1.86 bits per heavy atom. The molecule has 7 nitrogen and oxygen atoms in total. The van der Waals surface area contributed by atoms with Gasteiger partial charge in [0, 0.05) is 23.7 Å². The Morgan fingerprint density at radius 1 is 1.07 bits per heavy atom. The maximum absolute atomic E-state index is 14.1. The summed E-state index contributed by atoms with van der Waals surface area (Å²) in [5.41, 5.74) is 1.16. The standard InChI is InChI=1S/C19H15F2N3O4/c1-27-18-4-3-12(20)8-14(18)16-9-13(22-10-23-16)5-11-6-15(21)19(28-2)17(7-11)24(25)26/h3-4,6-10H,5H2,1-2H3. The van der Waals surface area contributed by atoms with E-state index in [1.807, 2.05) is 0 Å². The van der Waals surface area contributed by atoms with Crippen LogP contribution >= 0.6 is 0 Å². The van der Waals surface area contributed by atoms with Crippen LogP contribution < -0.4 is 9.47 Å². The normalized spacial score (nSPS) is 10.6. The molecular weight excluding hydrogens is 372 g/mol. The van der Waals surface area contributed by atoms with Crippen molar-refractivity contribution in [1.82, 2.24) is 9.97 Å². The van der Waals surface area contributed by atoms with Crippen molar-refractivity contribution >= 4 is 5.69 Å². The lowest BCUT2D eigenvalue weighted by Gasteiger charge is -2.10. The zero-order valence-corrected chi connectivity index (χ0v) is 15.0. The molecule has 1 heterocycles. The van der Waals surface area contributed by atoms with Gasteiger partial charge in [0.25, 0.3) is 0 Å². The summed E-state index contributed by atoms with van der Waals surface area (Å²) in [5, 5.41) is 11.2. The van der Waals surface area contributed by atoms with Gasteiger partial charge in [-0.05, 0) is 35.9 Å². The predicted octanol–water partition coefficient (Wildman–Crippen LogP) is 3.94. The second kappa shape index (κ2) is 7.95. The van der Waals surface area contributed by atoms with Gasteiger partial charge in [-0.1, -0.05) is 0 Å². The maximum atomic E-state index is 14.1. The Bertz CT molecular complexity index is 1040. The molecule has 144 valence electrons. The average molecular weight is 387 g/mol. The van der Waals surface area contributed by atoms with E-state index in [4.69, 9.17) is 9.47 Å². The Morgan fingerprint density at radius 3 is 2.54 bits per heavy atom. The highest BCUT2D eigenvalue weighted by atomic mass is 19.1. The van der Waals surface area contributed by atoms with Crippen molar-refractivity contribution in [2.24, 2.45) is 0 Å². The van der Waals surface area contributed by atoms with E-state index in [1.165, 1.54) is 37.7 Å². The molecule has 0 unspecified atom stereocenters. The maximum Gasteiger partial charge on any atom is 0.314 e. The summed E-state index contributed by atoms with van der Waals surface area (Å²) >= 11 is 0. The smallest absolute Gasteiger partial charge is 0.314 e. The van der Waals surface area contributed by atoms with Crippen LogP contribution in [-0.2, 0) is 6.42 Å². The van der Waals surface area contributed by atoms with E-state index < -0.39 is 28.0 Å². The number of aromatic nitrogens is 2. The molecule has 9 heteroatoms. The molecule has 1 aromatic heterocycles. The number of halogens is 2. The number of methoxy groups -OCH3 is 2. The number of ether oxygens (including phenoxy) is 2. The van der Waals surface area contributed by atoms with Crippen LogP contribution in [0.1, 0.15) is 11.3 Å². The lowest BCUT2D eigenvalue weighted by Crippen LogP contribution is -2.01. The SMILES string of the molecule is COc1ccc(F)cc1-c1cc(Cc2cc(F)c(OC)c([N+](=O)[O-])c2)ncn1. The van der Waals surface area contributed by atoms with Crippen LogP contribution in [0.3, 0.4) is 0 Å². The Labute approximate surface area is 158 Å². The molecular formula is C19H15F2N3O4. The quantitative estimate of drug-likeness (QED) is 0.470. The van der Waals surface area contributed by atoms with Gasteiger partial charge in [0.2, 0.25) is 5.75 Å². The van der Waals surface area contributed by atoms with Gasteiger partial charge in [0.15, 0.2) is 5.82 Å². The van der Waals surface area contributed by atoms with Gasteiger partial charge in [-0.25, -0.2) is 18.7 Å². The molecule has 0 amide bonds. The van der Waals surface area contributed by atoms with E-state index in [2.05, 4.69) is 9.97 Å². The number of nitro groups is 1. The highest BCUT2D eigenvalue weighted by molar-refractivity contribution is 5.67. The predicted molar refractivity (Wildman–Crippen MR) is 96.4 cm³/mol. The van der Waals surface area contributed by atoms with E-state index in [0.717, 1.165) is 13.2 Å². The minimum atomic E-state index is -0.840. The molecule has 0 saturated heterocycles. The van der Waals surface area contributed by atoms with Crippen molar-refractivity contribution in [3.63, 3.8) is 0 Å². The summed E-state index contributed by atoms with van der Waals surface area (Å²) in [6, 6.07) is 8.00. The first-order valence-corrected chi connectivity index (χ1v) is 8.08. The van der Waals surface area contributed by atoms with Crippen LogP contribution in [0.15, 0.2) is 42.7 Å². The number of hydrogen-bond donors (Lipinski definition) is 0. The van der Waals surface area contributed by atoms with Gasteiger partial charge >= 0.3 is 5.69 Å². The fourth-order valence-corrected chi connectivity index (χ4v) is 2.80. The minimum Gasteiger partial charge on any atom is -0.496 e. The number of nitro benzene ring substituents is 1. The molecule has 0 aliphatic carbocycles. The molecule has 0 spiro atoms. The third-order valence-electron chi connectivity index (χ3n) is 4.03. The molecule has 3 aromatic rings. The zero-order valence-electron chi connectivity index (χ0n) is 15.0. The van der Waals surface area contributed by atoms with Crippen molar-refractivity contribution < 1.29 is 23.2 Å². The number of nitrogens with zero attached hydrogens (tertiary/aromatic N) is 3. The molecule has 0 saturated carbocycles. The molecule has 28 heavy (non-hydrogen) atoms. The van der Waals surface area contributed by atoms with Crippen molar-refractivity contribution in [3.05, 3.63) is 75.7 Å². The van der Waals surface area contributed by atoms with Crippen LogP contribution in [0.2, 0.25) is 0 Å². The number of hydrogen-bond acceptors (Lipinski definition) is 6. The molecule has 0 aliphatic heterocycles. The second-order valence-electron chi connectivity index (χ2n) is 5.80. The third kappa shape index (κ3) is 3.88. The molecule has 0 radical (unpaired) electrons. The van der Waals surface area contributed by atoms with Gasteiger partial charge < -0.3 is 9.47 Å². The van der Waals surface area contributed by atoms with Crippen LogP contribution in [0, 0.1) is 21.7 Å². The fraction of sp³-hybridized carbons (Fsp3) is 0.158. The fourth-order valence-electron chi connectivity index (χ4n) is 2.80. The Hall–Kier alpha value is -3.62. The zero-order chi connectivity index (χ0) is 20.3. The number of benzene rings is 2. The number of rotatable bonds is 6. The average Bonchev–Trinajstić information content (AvgIpc) is 2.67. The molecule has 3 rings (SSSR count). The van der Waals surface area contributed by atoms with E-state index >= 15 is 0 Å². The van der Waals surface area contributed by atoms with Crippen LogP contribution in [-0.4, -0.2) is 29.1 Å². The highest BCUT2D eigenvalue weighted by Gasteiger charge is 2.21. The van der Waals surface area contributed by atoms with Crippen molar-refractivity contribution in [3.8, 4) is 22.8 Å². The van der Waals surface area contributed by atoms with Crippen LogP contribution in [0.4, 0.5) is 14.5 Å². The molecule has 0 atom stereocenters. The van der Waals surface area contributed by atoms with Crippen molar-refractivity contribution in [2.45, 2.75) is 6.42 Å². The van der Waals surface area contributed by atoms with E-state index in [-0.39, 0.29) is 6.42 Å². The molecule has 0 N–H and O–H groups in total. The second-order valence-corrected chi connectivity index (χ2v) is 5.80. The molecule has 0 fully saturated rings. The summed E-state index contributed by atoms with van der Waals surface area (Å²) < 4.78 is 37.8. The summed E-state index contributed by atoms with van der Waals surface area (Å²) in [6.45, 7) is 0.